The monoisotopic (exact) mass is 446 g/mol. The number of carbonyl (C=O) groups excluding carboxylic acids is 2. The molecule has 0 saturated heterocycles. The van der Waals surface area contributed by atoms with Gasteiger partial charge in [-0.25, -0.2) is 14.2 Å². The molecule has 4 rings (SSSR count). The Morgan fingerprint density at radius 2 is 1.79 bits per heavy atom. The Bertz CT molecular complexity index is 1380. The Morgan fingerprint density at radius 1 is 1.06 bits per heavy atom. The fourth-order valence-electron chi connectivity index (χ4n) is 3.23. The summed E-state index contributed by atoms with van der Waals surface area (Å²) in [5.41, 5.74) is 9.34. The number of rotatable bonds is 5. The maximum Gasteiger partial charge on any atom is 0.323 e. The molecule has 0 bridgehead atoms. The third-order valence-electron chi connectivity index (χ3n) is 4.72. The van der Waals surface area contributed by atoms with Crippen LogP contribution in [0.25, 0.3) is 22.2 Å². The van der Waals surface area contributed by atoms with Gasteiger partial charge in [-0.2, -0.15) is 0 Å². The van der Waals surface area contributed by atoms with Crippen molar-refractivity contribution >= 4 is 45.9 Å². The zero-order valence-electron chi connectivity index (χ0n) is 17.5. The van der Waals surface area contributed by atoms with Crippen LogP contribution in [0.4, 0.5) is 32.1 Å². The first-order valence-electron chi connectivity index (χ1n) is 9.78. The summed E-state index contributed by atoms with van der Waals surface area (Å²) in [5, 5.41) is 11.9. The van der Waals surface area contributed by atoms with Crippen molar-refractivity contribution in [1.82, 2.24) is 10.1 Å². The van der Waals surface area contributed by atoms with Crippen LogP contribution < -0.4 is 21.7 Å². The Hall–Kier alpha value is -4.73. The molecular weight excluding hydrogens is 427 g/mol. The summed E-state index contributed by atoms with van der Waals surface area (Å²) in [4.78, 5) is 27.9. The Labute approximate surface area is 187 Å². The quantitative estimate of drug-likeness (QED) is 0.329. The van der Waals surface area contributed by atoms with E-state index in [1.54, 1.807) is 24.3 Å². The standard InChI is InChI=1S/C23H19FN6O3/c1-3-19(31)27-15-8-9-18(17(24)11-15)29-23(32)28-14-6-4-13(5-7-14)16-10-12(2)26-22-20(16)21(25)30-33-22/h3-11H,1H2,2H3,(H2,25,30)(H,27,31)(H2,28,29,32). The van der Waals surface area contributed by atoms with E-state index in [4.69, 9.17) is 10.3 Å². The fourth-order valence-corrected chi connectivity index (χ4v) is 3.23. The molecule has 0 radical (unpaired) electrons. The smallest absolute Gasteiger partial charge is 0.323 e. The molecular formula is C23H19FN6O3. The molecule has 0 atom stereocenters. The van der Waals surface area contributed by atoms with Crippen molar-refractivity contribution in [2.24, 2.45) is 0 Å². The number of aromatic nitrogens is 2. The van der Waals surface area contributed by atoms with E-state index in [0.717, 1.165) is 29.0 Å². The molecule has 0 aliphatic heterocycles. The van der Waals surface area contributed by atoms with Crippen molar-refractivity contribution in [3.8, 4) is 11.1 Å². The average molecular weight is 446 g/mol. The predicted octanol–water partition coefficient (Wildman–Crippen LogP) is 4.69. The van der Waals surface area contributed by atoms with Gasteiger partial charge in [0.1, 0.15) is 5.82 Å². The summed E-state index contributed by atoms with van der Waals surface area (Å²) in [6.45, 7) is 5.16. The van der Waals surface area contributed by atoms with Crippen LogP contribution in [0.2, 0.25) is 0 Å². The van der Waals surface area contributed by atoms with Crippen LogP contribution in [0, 0.1) is 12.7 Å². The van der Waals surface area contributed by atoms with Gasteiger partial charge in [-0.1, -0.05) is 23.9 Å². The third-order valence-corrected chi connectivity index (χ3v) is 4.72. The van der Waals surface area contributed by atoms with Gasteiger partial charge < -0.3 is 26.2 Å². The zero-order chi connectivity index (χ0) is 23.5. The molecule has 0 saturated carbocycles. The molecule has 2 aromatic carbocycles. The fraction of sp³-hybridized carbons (Fsp3) is 0.0435. The third kappa shape index (κ3) is 4.64. The molecule has 2 heterocycles. The summed E-state index contributed by atoms with van der Waals surface area (Å²) >= 11 is 0. The summed E-state index contributed by atoms with van der Waals surface area (Å²) < 4.78 is 19.4. The number of nitrogens with zero attached hydrogens (tertiary/aromatic N) is 2. The van der Waals surface area contributed by atoms with Gasteiger partial charge in [-0.3, -0.25) is 4.79 Å². The molecule has 0 spiro atoms. The number of nitrogen functional groups attached to an aromatic ring is 1. The van der Waals surface area contributed by atoms with Crippen molar-refractivity contribution in [2.75, 3.05) is 21.7 Å². The number of fused-ring (bicyclic) bond motifs is 1. The van der Waals surface area contributed by atoms with Crippen molar-refractivity contribution in [3.05, 3.63) is 72.7 Å². The van der Waals surface area contributed by atoms with E-state index in [-0.39, 0.29) is 17.2 Å². The number of urea groups is 1. The molecule has 33 heavy (non-hydrogen) atoms. The average Bonchev–Trinajstić information content (AvgIpc) is 3.16. The minimum absolute atomic E-state index is 0.0432. The Kier molecular flexibility index (Phi) is 5.73. The lowest BCUT2D eigenvalue weighted by Gasteiger charge is -2.11. The highest BCUT2D eigenvalue weighted by molar-refractivity contribution is 6.02. The van der Waals surface area contributed by atoms with E-state index in [1.807, 2.05) is 13.0 Å². The minimum Gasteiger partial charge on any atom is -0.380 e. The Morgan fingerprint density at radius 3 is 2.48 bits per heavy atom. The maximum atomic E-state index is 14.3. The molecule has 3 amide bonds. The lowest BCUT2D eigenvalue weighted by molar-refractivity contribution is -0.111. The van der Waals surface area contributed by atoms with Crippen LogP contribution in [0.3, 0.4) is 0 Å². The van der Waals surface area contributed by atoms with Gasteiger partial charge in [-0.15, -0.1) is 0 Å². The molecule has 166 valence electrons. The summed E-state index contributed by atoms with van der Waals surface area (Å²) in [5.74, 6) is -0.928. The SMILES string of the molecule is C=CC(=O)Nc1ccc(NC(=O)Nc2ccc(-c3cc(C)nc4onc(N)c34)cc2)c(F)c1. The van der Waals surface area contributed by atoms with Gasteiger partial charge in [0.2, 0.25) is 5.91 Å². The van der Waals surface area contributed by atoms with Crippen molar-refractivity contribution in [1.29, 1.82) is 0 Å². The number of nitrogens with two attached hydrogens (primary N) is 1. The number of carbonyl (C=O) groups is 2. The van der Waals surface area contributed by atoms with E-state index in [0.29, 0.717) is 16.8 Å². The van der Waals surface area contributed by atoms with Crippen LogP contribution in [-0.4, -0.2) is 22.1 Å². The van der Waals surface area contributed by atoms with Gasteiger partial charge in [0.05, 0.1) is 11.1 Å². The first kappa shape index (κ1) is 21.5. The van der Waals surface area contributed by atoms with Gasteiger partial charge >= 0.3 is 6.03 Å². The molecule has 4 aromatic rings. The first-order valence-corrected chi connectivity index (χ1v) is 9.78. The molecule has 10 heteroatoms. The summed E-state index contributed by atoms with van der Waals surface area (Å²) in [6, 6.07) is 12.1. The number of pyridine rings is 1. The topological polar surface area (TPSA) is 135 Å². The normalized spacial score (nSPS) is 10.6. The Balaban J connectivity index is 1.47. The summed E-state index contributed by atoms with van der Waals surface area (Å²) in [7, 11) is 0. The summed E-state index contributed by atoms with van der Waals surface area (Å²) in [6.07, 6.45) is 1.07. The van der Waals surface area contributed by atoms with E-state index < -0.39 is 17.8 Å². The van der Waals surface area contributed by atoms with Gasteiger partial charge in [0, 0.05) is 22.6 Å². The number of aryl methyl sites for hydroxylation is 1. The molecule has 5 N–H and O–H groups in total. The number of hydrogen-bond acceptors (Lipinski definition) is 6. The molecule has 9 nitrogen and oxygen atoms in total. The lowest BCUT2D eigenvalue weighted by Crippen LogP contribution is -2.20. The molecule has 0 unspecified atom stereocenters. The van der Waals surface area contributed by atoms with Crippen molar-refractivity contribution < 1.29 is 18.5 Å². The van der Waals surface area contributed by atoms with E-state index in [1.165, 1.54) is 12.1 Å². The van der Waals surface area contributed by atoms with Crippen LogP contribution in [0.1, 0.15) is 5.69 Å². The maximum absolute atomic E-state index is 14.3. The van der Waals surface area contributed by atoms with Crippen LogP contribution >= 0.6 is 0 Å². The zero-order valence-corrected chi connectivity index (χ0v) is 17.5. The number of halogens is 1. The first-order chi connectivity index (χ1) is 15.8. The predicted molar refractivity (Wildman–Crippen MR) is 124 cm³/mol. The number of anilines is 4. The number of benzene rings is 2. The van der Waals surface area contributed by atoms with E-state index in [9.17, 15) is 14.0 Å². The molecule has 0 aliphatic carbocycles. The molecule has 0 fully saturated rings. The number of nitrogens with one attached hydrogen (secondary N) is 3. The minimum atomic E-state index is -0.703. The molecule has 2 aromatic heterocycles. The van der Waals surface area contributed by atoms with E-state index >= 15 is 0 Å². The second-order valence-electron chi connectivity index (χ2n) is 7.10. The van der Waals surface area contributed by atoms with Gasteiger partial charge in [0.15, 0.2) is 5.82 Å². The second kappa shape index (κ2) is 8.79. The lowest BCUT2D eigenvalue weighted by atomic mass is 10.0. The van der Waals surface area contributed by atoms with Crippen LogP contribution in [0.15, 0.2) is 65.7 Å². The van der Waals surface area contributed by atoms with Gasteiger partial charge in [0.25, 0.3) is 5.71 Å². The highest BCUT2D eigenvalue weighted by Crippen LogP contribution is 2.32. The van der Waals surface area contributed by atoms with Gasteiger partial charge in [-0.05, 0) is 55.0 Å². The highest BCUT2D eigenvalue weighted by Gasteiger charge is 2.15. The second-order valence-corrected chi connectivity index (χ2v) is 7.10. The van der Waals surface area contributed by atoms with Crippen LogP contribution in [-0.2, 0) is 4.79 Å². The molecule has 0 aliphatic rings. The number of amides is 3. The highest BCUT2D eigenvalue weighted by atomic mass is 19.1. The van der Waals surface area contributed by atoms with Crippen molar-refractivity contribution in [2.45, 2.75) is 6.92 Å². The largest absolute Gasteiger partial charge is 0.380 e. The van der Waals surface area contributed by atoms with E-state index in [2.05, 4.69) is 32.7 Å². The van der Waals surface area contributed by atoms with Crippen LogP contribution in [0.5, 0.6) is 0 Å². The number of hydrogen-bond donors (Lipinski definition) is 4. The van der Waals surface area contributed by atoms with Crippen molar-refractivity contribution in [3.63, 3.8) is 0 Å².